The van der Waals surface area contributed by atoms with E-state index in [1.165, 1.54) is 16.3 Å². The predicted octanol–water partition coefficient (Wildman–Crippen LogP) is 4.38. The lowest BCUT2D eigenvalue weighted by atomic mass is 10.00. The van der Waals surface area contributed by atoms with Gasteiger partial charge in [0.05, 0.1) is 18.3 Å². The molecule has 1 heterocycles. The van der Waals surface area contributed by atoms with Gasteiger partial charge in [0.15, 0.2) is 11.7 Å². The maximum atomic E-state index is 5.37. The van der Waals surface area contributed by atoms with Crippen LogP contribution in [0.4, 0.5) is 0 Å². The van der Waals surface area contributed by atoms with Crippen LogP contribution in [0.15, 0.2) is 58.0 Å². The van der Waals surface area contributed by atoms with E-state index in [2.05, 4.69) is 84.0 Å². The van der Waals surface area contributed by atoms with E-state index in [-0.39, 0.29) is 6.04 Å². The molecule has 1 atom stereocenters. The average Bonchev–Trinajstić information content (AvgIpc) is 3.14. The van der Waals surface area contributed by atoms with Gasteiger partial charge in [-0.2, -0.15) is 0 Å². The maximum absolute atomic E-state index is 5.37. The zero-order chi connectivity index (χ0) is 18.5. The number of aromatic nitrogens is 1. The molecule has 0 aliphatic rings. The zero-order valence-corrected chi connectivity index (χ0v) is 15.8. The standard InChI is InChI=1S/C21H26N4O/c1-14(2)20-12-17(26-25-20)13-23-21(22-4)24-15(3)18-11-7-9-16-8-5-6-10-19(16)18/h5-12,14-15H,13H2,1-4H3,(H2,22,23,24). The monoisotopic (exact) mass is 350 g/mol. The summed E-state index contributed by atoms with van der Waals surface area (Å²) in [6.07, 6.45) is 0. The molecule has 5 heteroatoms. The fourth-order valence-corrected chi connectivity index (χ4v) is 2.96. The molecule has 1 unspecified atom stereocenters. The Labute approximate surface area is 154 Å². The van der Waals surface area contributed by atoms with Crippen LogP contribution in [0.5, 0.6) is 0 Å². The Morgan fingerprint density at radius 1 is 1.12 bits per heavy atom. The number of hydrogen-bond donors (Lipinski definition) is 2. The van der Waals surface area contributed by atoms with Crippen molar-refractivity contribution in [1.29, 1.82) is 0 Å². The first-order chi connectivity index (χ1) is 12.6. The van der Waals surface area contributed by atoms with Gasteiger partial charge in [0, 0.05) is 13.1 Å². The number of rotatable bonds is 5. The maximum Gasteiger partial charge on any atom is 0.191 e. The minimum atomic E-state index is 0.119. The lowest BCUT2D eigenvalue weighted by Crippen LogP contribution is -2.38. The van der Waals surface area contributed by atoms with Crippen molar-refractivity contribution in [3.63, 3.8) is 0 Å². The van der Waals surface area contributed by atoms with Crippen molar-refractivity contribution in [2.24, 2.45) is 4.99 Å². The first-order valence-electron chi connectivity index (χ1n) is 8.99. The number of nitrogens with zero attached hydrogens (tertiary/aromatic N) is 2. The highest BCUT2D eigenvalue weighted by molar-refractivity contribution is 5.87. The van der Waals surface area contributed by atoms with Gasteiger partial charge in [-0.1, -0.05) is 61.5 Å². The van der Waals surface area contributed by atoms with Crippen LogP contribution in [-0.2, 0) is 6.54 Å². The second-order valence-electron chi connectivity index (χ2n) is 6.73. The molecule has 3 aromatic rings. The Kier molecular flexibility index (Phi) is 5.56. The van der Waals surface area contributed by atoms with E-state index in [0.717, 1.165) is 17.4 Å². The van der Waals surface area contributed by atoms with Gasteiger partial charge in [-0.15, -0.1) is 0 Å². The fraction of sp³-hybridized carbons (Fsp3) is 0.333. The average molecular weight is 350 g/mol. The molecule has 26 heavy (non-hydrogen) atoms. The molecule has 0 bridgehead atoms. The Morgan fingerprint density at radius 2 is 1.88 bits per heavy atom. The lowest BCUT2D eigenvalue weighted by molar-refractivity contribution is 0.371. The van der Waals surface area contributed by atoms with Crippen LogP contribution in [0.3, 0.4) is 0 Å². The highest BCUT2D eigenvalue weighted by Crippen LogP contribution is 2.24. The summed E-state index contributed by atoms with van der Waals surface area (Å²) >= 11 is 0. The van der Waals surface area contributed by atoms with Crippen molar-refractivity contribution in [3.05, 3.63) is 65.5 Å². The summed E-state index contributed by atoms with van der Waals surface area (Å²) in [5.74, 6) is 1.89. The summed E-state index contributed by atoms with van der Waals surface area (Å²) in [6, 6.07) is 16.9. The number of nitrogens with one attached hydrogen (secondary N) is 2. The summed E-state index contributed by atoms with van der Waals surface area (Å²) in [4.78, 5) is 4.32. The van der Waals surface area contributed by atoms with Gasteiger partial charge in [-0.25, -0.2) is 0 Å². The third-order valence-corrected chi connectivity index (χ3v) is 4.47. The van der Waals surface area contributed by atoms with Gasteiger partial charge >= 0.3 is 0 Å². The van der Waals surface area contributed by atoms with E-state index in [9.17, 15) is 0 Å². The third-order valence-electron chi connectivity index (χ3n) is 4.47. The highest BCUT2D eigenvalue weighted by atomic mass is 16.5. The van der Waals surface area contributed by atoms with E-state index >= 15 is 0 Å². The van der Waals surface area contributed by atoms with Crippen LogP contribution < -0.4 is 10.6 Å². The van der Waals surface area contributed by atoms with E-state index in [1.807, 2.05) is 6.07 Å². The highest BCUT2D eigenvalue weighted by Gasteiger charge is 2.12. The molecule has 1 aromatic heterocycles. The van der Waals surface area contributed by atoms with Crippen LogP contribution >= 0.6 is 0 Å². The van der Waals surface area contributed by atoms with E-state index in [0.29, 0.717) is 12.5 Å². The summed E-state index contributed by atoms with van der Waals surface area (Å²) in [7, 11) is 1.77. The fourth-order valence-electron chi connectivity index (χ4n) is 2.96. The SMILES string of the molecule is CN=C(NCc1cc(C(C)C)no1)NC(C)c1cccc2ccccc12. The van der Waals surface area contributed by atoms with E-state index in [4.69, 9.17) is 4.52 Å². The Hall–Kier alpha value is -2.82. The van der Waals surface area contributed by atoms with Gasteiger partial charge in [0.1, 0.15) is 0 Å². The van der Waals surface area contributed by atoms with Gasteiger partial charge < -0.3 is 15.2 Å². The minimum absolute atomic E-state index is 0.119. The molecule has 0 saturated heterocycles. The van der Waals surface area contributed by atoms with Crippen molar-refractivity contribution < 1.29 is 4.52 Å². The van der Waals surface area contributed by atoms with Crippen LogP contribution in [0.1, 0.15) is 49.7 Å². The van der Waals surface area contributed by atoms with Crippen LogP contribution in [-0.4, -0.2) is 18.2 Å². The molecule has 0 fully saturated rings. The molecule has 3 rings (SSSR count). The first-order valence-corrected chi connectivity index (χ1v) is 8.99. The van der Waals surface area contributed by atoms with Crippen LogP contribution in [0, 0.1) is 0 Å². The van der Waals surface area contributed by atoms with E-state index < -0.39 is 0 Å². The van der Waals surface area contributed by atoms with Crippen LogP contribution in [0.25, 0.3) is 10.8 Å². The molecule has 0 saturated carbocycles. The van der Waals surface area contributed by atoms with Crippen molar-refractivity contribution in [1.82, 2.24) is 15.8 Å². The van der Waals surface area contributed by atoms with Gasteiger partial charge in [0.25, 0.3) is 0 Å². The van der Waals surface area contributed by atoms with Crippen molar-refractivity contribution >= 4 is 16.7 Å². The third kappa shape index (κ3) is 4.04. The molecular weight excluding hydrogens is 324 g/mol. The minimum Gasteiger partial charge on any atom is -0.359 e. The Bertz CT molecular complexity index is 892. The normalized spacial score (nSPS) is 13.2. The quantitative estimate of drug-likeness (QED) is 0.529. The second kappa shape index (κ2) is 8.04. The molecule has 2 aromatic carbocycles. The zero-order valence-electron chi connectivity index (χ0n) is 15.8. The van der Waals surface area contributed by atoms with Crippen molar-refractivity contribution in [3.8, 4) is 0 Å². The largest absolute Gasteiger partial charge is 0.359 e. The summed E-state index contributed by atoms with van der Waals surface area (Å²) < 4.78 is 5.37. The number of benzene rings is 2. The number of hydrogen-bond acceptors (Lipinski definition) is 3. The lowest BCUT2D eigenvalue weighted by Gasteiger charge is -2.19. The second-order valence-corrected chi connectivity index (χ2v) is 6.73. The molecule has 0 amide bonds. The molecular formula is C21H26N4O. The molecule has 0 aliphatic carbocycles. The van der Waals surface area contributed by atoms with Gasteiger partial charge in [-0.05, 0) is 29.2 Å². The topological polar surface area (TPSA) is 62.5 Å². The molecule has 2 N–H and O–H groups in total. The molecule has 0 radical (unpaired) electrons. The Morgan fingerprint density at radius 3 is 2.62 bits per heavy atom. The van der Waals surface area contributed by atoms with Crippen molar-refractivity contribution in [2.75, 3.05) is 7.05 Å². The molecule has 0 aliphatic heterocycles. The molecule has 0 spiro atoms. The summed E-state index contributed by atoms with van der Waals surface area (Å²) in [5.41, 5.74) is 2.21. The number of fused-ring (bicyclic) bond motifs is 1. The van der Waals surface area contributed by atoms with Crippen LogP contribution in [0.2, 0.25) is 0 Å². The number of aliphatic imine (C=N–C) groups is 1. The van der Waals surface area contributed by atoms with E-state index in [1.54, 1.807) is 7.05 Å². The first kappa shape index (κ1) is 18.0. The smallest absolute Gasteiger partial charge is 0.191 e. The van der Waals surface area contributed by atoms with Crippen molar-refractivity contribution in [2.45, 2.75) is 39.3 Å². The van der Waals surface area contributed by atoms with Gasteiger partial charge in [0.2, 0.25) is 0 Å². The Balaban J connectivity index is 1.67. The summed E-state index contributed by atoms with van der Waals surface area (Å²) in [6.45, 7) is 6.88. The molecule has 5 nitrogen and oxygen atoms in total. The summed E-state index contributed by atoms with van der Waals surface area (Å²) in [5, 5.41) is 13.3. The molecule has 136 valence electrons. The number of guanidine groups is 1. The van der Waals surface area contributed by atoms with Gasteiger partial charge in [-0.3, -0.25) is 4.99 Å². The predicted molar refractivity (Wildman–Crippen MR) is 106 cm³/mol.